The number of nitrogens with zero attached hydrogens (tertiary/aromatic N) is 2. The molecule has 8 heteroatoms. The average molecular weight is 453 g/mol. The number of benzene rings is 2. The van der Waals surface area contributed by atoms with Crippen molar-refractivity contribution in [2.24, 2.45) is 0 Å². The van der Waals surface area contributed by atoms with Crippen LogP contribution in [0, 0.1) is 0 Å². The van der Waals surface area contributed by atoms with E-state index in [9.17, 15) is 9.59 Å². The van der Waals surface area contributed by atoms with Crippen LogP contribution >= 0.6 is 11.3 Å². The van der Waals surface area contributed by atoms with E-state index in [4.69, 9.17) is 14.2 Å². The summed E-state index contributed by atoms with van der Waals surface area (Å²) in [5.41, 5.74) is 3.04. The third-order valence-corrected chi connectivity index (χ3v) is 6.21. The molecule has 0 radical (unpaired) electrons. The van der Waals surface area contributed by atoms with Crippen LogP contribution < -0.4 is 9.47 Å². The van der Waals surface area contributed by atoms with Gasteiger partial charge in [-0.05, 0) is 42.3 Å². The predicted molar refractivity (Wildman–Crippen MR) is 121 cm³/mol. The van der Waals surface area contributed by atoms with Crippen LogP contribution in [0.15, 0.2) is 47.8 Å². The smallest absolute Gasteiger partial charge is 0.338 e. The summed E-state index contributed by atoms with van der Waals surface area (Å²) in [7, 11) is 3.18. The summed E-state index contributed by atoms with van der Waals surface area (Å²) in [6.45, 7) is 1.46. The van der Waals surface area contributed by atoms with Crippen molar-refractivity contribution >= 4 is 23.2 Å². The molecule has 2 aromatic carbocycles. The molecule has 0 unspecified atom stereocenters. The Labute approximate surface area is 190 Å². The zero-order chi connectivity index (χ0) is 22.5. The van der Waals surface area contributed by atoms with Gasteiger partial charge in [0.15, 0.2) is 11.5 Å². The molecule has 0 atom stereocenters. The lowest BCUT2D eigenvalue weighted by Crippen LogP contribution is -2.23. The zero-order valence-corrected chi connectivity index (χ0v) is 18.8. The second-order valence-corrected chi connectivity index (χ2v) is 8.26. The molecule has 1 aliphatic heterocycles. The molecular weight excluding hydrogens is 428 g/mol. The van der Waals surface area contributed by atoms with Crippen LogP contribution in [-0.4, -0.2) is 42.5 Å². The van der Waals surface area contributed by atoms with Gasteiger partial charge in [0.05, 0.1) is 25.5 Å². The first-order valence-corrected chi connectivity index (χ1v) is 11.2. The monoisotopic (exact) mass is 452 g/mol. The number of ether oxygens (including phenoxy) is 3. The van der Waals surface area contributed by atoms with Gasteiger partial charge in [-0.3, -0.25) is 4.79 Å². The fourth-order valence-corrected chi connectivity index (χ4v) is 4.34. The summed E-state index contributed by atoms with van der Waals surface area (Å²) in [4.78, 5) is 30.6. The van der Waals surface area contributed by atoms with Gasteiger partial charge in [0.1, 0.15) is 11.6 Å². The number of esters is 1. The maximum Gasteiger partial charge on any atom is 0.338 e. The molecule has 1 fully saturated rings. The molecule has 0 bridgehead atoms. The second-order valence-electron chi connectivity index (χ2n) is 7.41. The predicted octanol–water partition coefficient (Wildman–Crippen LogP) is 4.31. The normalized spacial score (nSPS) is 13.3. The molecule has 32 heavy (non-hydrogen) atoms. The van der Waals surface area contributed by atoms with Crippen LogP contribution in [-0.2, 0) is 22.7 Å². The lowest BCUT2D eigenvalue weighted by Gasteiger charge is -2.15. The van der Waals surface area contributed by atoms with Gasteiger partial charge >= 0.3 is 5.97 Å². The molecule has 1 aliphatic rings. The number of carbonyl (C=O) groups excluding carboxylic acids is 2. The van der Waals surface area contributed by atoms with Gasteiger partial charge in [-0.2, -0.15) is 0 Å². The lowest BCUT2D eigenvalue weighted by atomic mass is 10.1. The quantitative estimate of drug-likeness (QED) is 0.474. The van der Waals surface area contributed by atoms with Crippen molar-refractivity contribution in [1.29, 1.82) is 0 Å². The van der Waals surface area contributed by atoms with Crippen LogP contribution in [0.2, 0.25) is 0 Å². The van der Waals surface area contributed by atoms with Crippen molar-refractivity contribution in [2.45, 2.75) is 26.0 Å². The van der Waals surface area contributed by atoms with Crippen molar-refractivity contribution in [3.8, 4) is 22.1 Å². The minimum Gasteiger partial charge on any atom is -0.493 e. The first kappa shape index (κ1) is 21.8. The Kier molecular flexibility index (Phi) is 6.70. The average Bonchev–Trinajstić information content (AvgIpc) is 3.46. The molecule has 0 N–H and O–H groups in total. The van der Waals surface area contributed by atoms with Gasteiger partial charge in [0.2, 0.25) is 5.91 Å². The molecule has 7 nitrogen and oxygen atoms in total. The minimum atomic E-state index is -0.408. The standard InChI is InChI=1S/C24H24N2O5S/c1-29-20-10-9-18(12-21(20)30-2)23-25-19(15-32-23)14-31-24(28)17-7-5-16(6-8-17)13-26-11-3-4-22(26)27/h5-10,12,15H,3-4,11,13-14H2,1-2H3. The molecule has 0 spiro atoms. The van der Waals surface area contributed by atoms with E-state index in [1.165, 1.54) is 11.3 Å². The summed E-state index contributed by atoms with van der Waals surface area (Å²) in [5.74, 6) is 1.06. The summed E-state index contributed by atoms with van der Waals surface area (Å²) in [6, 6.07) is 12.8. The highest BCUT2D eigenvalue weighted by atomic mass is 32.1. The number of rotatable bonds is 8. The molecule has 3 aromatic rings. The number of likely N-dealkylation sites (tertiary alicyclic amines) is 1. The molecule has 0 aliphatic carbocycles. The third kappa shape index (κ3) is 4.91. The van der Waals surface area contributed by atoms with Crippen molar-refractivity contribution in [2.75, 3.05) is 20.8 Å². The summed E-state index contributed by atoms with van der Waals surface area (Å²) in [6.07, 6.45) is 1.53. The van der Waals surface area contributed by atoms with E-state index in [1.807, 2.05) is 40.6 Å². The SMILES string of the molecule is COc1ccc(-c2nc(COC(=O)c3ccc(CN4CCCC4=O)cc3)cs2)cc1OC. The molecular formula is C24H24N2O5S. The fraction of sp³-hybridized carbons (Fsp3) is 0.292. The molecule has 0 saturated carbocycles. The highest BCUT2D eigenvalue weighted by Gasteiger charge is 2.20. The van der Waals surface area contributed by atoms with Gasteiger partial charge in [0.25, 0.3) is 0 Å². The summed E-state index contributed by atoms with van der Waals surface area (Å²) >= 11 is 1.47. The number of hydrogen-bond donors (Lipinski definition) is 0. The van der Waals surface area contributed by atoms with E-state index >= 15 is 0 Å². The minimum absolute atomic E-state index is 0.0899. The molecule has 1 saturated heterocycles. The first-order chi connectivity index (χ1) is 15.6. The number of thiazole rings is 1. The number of hydrogen-bond acceptors (Lipinski definition) is 7. The number of methoxy groups -OCH3 is 2. The maximum atomic E-state index is 12.4. The summed E-state index contributed by atoms with van der Waals surface area (Å²) in [5, 5.41) is 2.67. The molecule has 4 rings (SSSR count). The highest BCUT2D eigenvalue weighted by molar-refractivity contribution is 7.13. The Morgan fingerprint density at radius 3 is 2.56 bits per heavy atom. The summed E-state index contributed by atoms with van der Waals surface area (Å²) < 4.78 is 16.0. The van der Waals surface area contributed by atoms with E-state index in [0.717, 1.165) is 29.1 Å². The molecule has 1 aromatic heterocycles. The first-order valence-electron chi connectivity index (χ1n) is 10.3. The Hall–Kier alpha value is -3.39. The number of carbonyl (C=O) groups is 2. The van der Waals surface area contributed by atoms with E-state index < -0.39 is 5.97 Å². The van der Waals surface area contributed by atoms with Crippen molar-refractivity contribution in [3.63, 3.8) is 0 Å². The van der Waals surface area contributed by atoms with Crippen LogP contribution in [0.4, 0.5) is 0 Å². The number of aromatic nitrogens is 1. The van der Waals surface area contributed by atoms with Crippen LogP contribution in [0.25, 0.3) is 10.6 Å². The third-order valence-electron chi connectivity index (χ3n) is 5.27. The van der Waals surface area contributed by atoms with E-state index in [1.54, 1.807) is 26.4 Å². The highest BCUT2D eigenvalue weighted by Crippen LogP contribution is 2.33. The van der Waals surface area contributed by atoms with Crippen LogP contribution in [0.3, 0.4) is 0 Å². The largest absolute Gasteiger partial charge is 0.493 e. The Bertz CT molecular complexity index is 1110. The molecule has 2 heterocycles. The fourth-order valence-electron chi connectivity index (χ4n) is 3.54. The van der Waals surface area contributed by atoms with Gasteiger partial charge in [-0.1, -0.05) is 12.1 Å². The lowest BCUT2D eigenvalue weighted by molar-refractivity contribution is -0.128. The second kappa shape index (κ2) is 9.82. The Balaban J connectivity index is 1.34. The van der Waals surface area contributed by atoms with Gasteiger partial charge in [-0.15, -0.1) is 11.3 Å². The van der Waals surface area contributed by atoms with Crippen molar-refractivity contribution in [3.05, 3.63) is 64.7 Å². The topological polar surface area (TPSA) is 78.0 Å². The van der Waals surface area contributed by atoms with Crippen LogP contribution in [0.1, 0.15) is 34.5 Å². The molecule has 166 valence electrons. The van der Waals surface area contributed by atoms with Gasteiger partial charge in [-0.25, -0.2) is 9.78 Å². The van der Waals surface area contributed by atoms with Gasteiger partial charge in [0, 0.05) is 30.5 Å². The Morgan fingerprint density at radius 1 is 1.09 bits per heavy atom. The Morgan fingerprint density at radius 2 is 1.88 bits per heavy atom. The van der Waals surface area contributed by atoms with E-state index in [2.05, 4.69) is 4.98 Å². The van der Waals surface area contributed by atoms with E-state index in [-0.39, 0.29) is 12.5 Å². The maximum absolute atomic E-state index is 12.4. The van der Waals surface area contributed by atoms with Gasteiger partial charge < -0.3 is 19.1 Å². The molecule has 1 amide bonds. The van der Waals surface area contributed by atoms with E-state index in [0.29, 0.717) is 35.7 Å². The van der Waals surface area contributed by atoms with Crippen LogP contribution in [0.5, 0.6) is 11.5 Å². The number of amides is 1. The zero-order valence-electron chi connectivity index (χ0n) is 18.0. The van der Waals surface area contributed by atoms with Crippen molar-refractivity contribution < 1.29 is 23.8 Å². The van der Waals surface area contributed by atoms with Crippen molar-refractivity contribution in [1.82, 2.24) is 9.88 Å².